The highest BCUT2D eigenvalue weighted by atomic mass is 32.2. The van der Waals surface area contributed by atoms with Crippen LogP contribution in [-0.2, 0) is 42.9 Å². The van der Waals surface area contributed by atoms with Gasteiger partial charge in [0.15, 0.2) is 15.5 Å². The van der Waals surface area contributed by atoms with Crippen molar-refractivity contribution in [3.8, 4) is 17.2 Å². The number of aliphatic imine (C=N–C) groups is 3. The van der Waals surface area contributed by atoms with Crippen molar-refractivity contribution in [3.05, 3.63) is 102 Å². The largest absolute Gasteiger partial charge is 0.497 e. The first-order chi connectivity index (χ1) is 41.6. The van der Waals surface area contributed by atoms with Crippen molar-refractivity contribution in [3.63, 3.8) is 0 Å². The highest BCUT2D eigenvalue weighted by Gasteiger charge is 2.56. The molecule has 6 aliphatic rings. The van der Waals surface area contributed by atoms with Crippen molar-refractivity contribution in [2.24, 2.45) is 20.9 Å². The molecule has 5 saturated heterocycles. The number of methoxy groups -OCH3 is 3. The Morgan fingerprint density at radius 1 is 0.625 bits per heavy atom. The lowest BCUT2D eigenvalue weighted by molar-refractivity contribution is -0.216. The van der Waals surface area contributed by atoms with Crippen LogP contribution >= 0.6 is 35.3 Å². The lowest BCUT2D eigenvalue weighted by Crippen LogP contribution is -2.64. The summed E-state index contributed by atoms with van der Waals surface area (Å²) < 4.78 is 45.6. The van der Waals surface area contributed by atoms with Gasteiger partial charge in [-0.2, -0.15) is 0 Å². The van der Waals surface area contributed by atoms with Crippen LogP contribution in [0, 0.1) is 5.92 Å². The van der Waals surface area contributed by atoms with Gasteiger partial charge in [-0.1, -0.05) is 84.7 Å². The number of benzene rings is 3. The van der Waals surface area contributed by atoms with Gasteiger partial charge >= 0.3 is 6.09 Å². The van der Waals surface area contributed by atoms with Crippen molar-refractivity contribution in [1.29, 1.82) is 0 Å². The number of aryl methyl sites for hydroxylation is 3. The number of amidine groups is 3. The van der Waals surface area contributed by atoms with Crippen molar-refractivity contribution in [2.75, 3.05) is 49.1 Å². The Balaban J connectivity index is 0.000000192. The molecule has 0 aromatic heterocycles. The average Bonchev–Trinajstić information content (AvgIpc) is 4.47. The van der Waals surface area contributed by atoms with Crippen LogP contribution in [0.4, 0.5) is 4.79 Å². The number of nitrogens with one attached hydrogen (secondary N) is 2. The zero-order valence-corrected chi connectivity index (χ0v) is 55.1. The Morgan fingerprint density at radius 2 is 1.00 bits per heavy atom. The number of aliphatic hydroxyl groups is 7. The molecule has 9 rings (SSSR count). The number of fused-ring (bicyclic) bond motifs is 3. The third-order valence-electron chi connectivity index (χ3n) is 16.5. The number of rotatable bonds is 18. The molecule has 9 N–H and O–H groups in total. The van der Waals surface area contributed by atoms with E-state index < -0.39 is 99.6 Å². The summed E-state index contributed by atoms with van der Waals surface area (Å²) in [7, 11) is 9.81. The fraction of sp³-hybridized carbons (Fsp3) is 0.619. The van der Waals surface area contributed by atoms with Gasteiger partial charge < -0.3 is 84.3 Å². The molecule has 1 unspecified atom stereocenters. The minimum Gasteiger partial charge on any atom is -0.497 e. The third kappa shape index (κ3) is 17.7. The van der Waals surface area contributed by atoms with Gasteiger partial charge in [0.25, 0.3) is 0 Å². The molecule has 6 aliphatic heterocycles. The molecule has 18 atom stereocenters. The first-order valence-electron chi connectivity index (χ1n) is 29.6. The molecular weight excluding hydrogens is 1190 g/mol. The predicted octanol–water partition coefficient (Wildman–Crippen LogP) is 5.68. The summed E-state index contributed by atoms with van der Waals surface area (Å²) in [5, 5.41) is 83.3. The van der Waals surface area contributed by atoms with Crippen LogP contribution in [0.3, 0.4) is 0 Å². The molecule has 5 fully saturated rings. The number of carbonyl (C=O) groups excluding carboxylic acids is 1. The standard InChI is InChI=1S/C27H40N2O6S.2C18H26N2O5S/c1-9-16-33-21-17(2)22(27(6,31)15-14-18-10-12-19(32-8)13-11-18)34-23-20(21)28-24(36-23)29(7)25(30)35-26(3,4)5;2*1-18(23,9-8-10-4-6-11(24-3)7-5-10)15-14(22)13(21)12-16(25-15)26-17(19-2)20-12/h9-13,17,20-23,31H,1,14-16H2,2-8H3;2*4-7,12-16,21-23H,8-9H2,1-3H3,(H,19,20)/t17-,20+,21-,22-,23+,27?;12-,13-,14+,15+,16-,18+;12-,13-,14+,15+,16-,18-/m011/s1. The number of amides is 1. The van der Waals surface area contributed by atoms with Gasteiger partial charge in [-0.25, -0.2) is 4.79 Å². The van der Waals surface area contributed by atoms with Crippen molar-refractivity contribution >= 4 is 56.9 Å². The summed E-state index contributed by atoms with van der Waals surface area (Å²) in [4.78, 5) is 27.0. The first-order valence-corrected chi connectivity index (χ1v) is 32.2. The van der Waals surface area contributed by atoms with E-state index in [0.717, 1.165) is 33.9 Å². The second-order valence-electron chi connectivity index (χ2n) is 24.5. The molecule has 1 amide bonds. The number of hydrogen-bond acceptors (Lipinski definition) is 22. The first kappa shape index (κ1) is 70.7. The Bertz CT molecular complexity index is 2730. The summed E-state index contributed by atoms with van der Waals surface area (Å²) in [6.07, 6.45) is -2.62. The predicted molar refractivity (Wildman–Crippen MR) is 343 cm³/mol. The van der Waals surface area contributed by atoms with Crippen LogP contribution < -0.4 is 24.8 Å². The fourth-order valence-corrected chi connectivity index (χ4v) is 14.6. The Hall–Kier alpha value is -4.71. The molecule has 0 aliphatic carbocycles. The molecule has 0 radical (unpaired) electrons. The third-order valence-corrected chi connectivity index (χ3v) is 20.0. The Labute approximate surface area is 530 Å². The summed E-state index contributed by atoms with van der Waals surface area (Å²) >= 11 is 4.08. The van der Waals surface area contributed by atoms with E-state index in [1.807, 2.05) is 107 Å². The van der Waals surface area contributed by atoms with Gasteiger partial charge in [-0.05, 0) is 133 Å². The molecule has 25 heteroatoms. The highest BCUT2D eigenvalue weighted by Crippen LogP contribution is 2.45. The monoisotopic (exact) mass is 1280 g/mol. The number of aliphatic hydroxyl groups excluding tert-OH is 4. The zero-order chi connectivity index (χ0) is 64.5. The maximum Gasteiger partial charge on any atom is 0.416 e. The summed E-state index contributed by atoms with van der Waals surface area (Å²) in [5.74, 6) is 2.21. The molecular formula is C63H92N6O16S3. The van der Waals surface area contributed by atoms with E-state index in [9.17, 15) is 40.5 Å². The topological polar surface area (TPSA) is 297 Å². The van der Waals surface area contributed by atoms with Crippen molar-refractivity contribution in [1.82, 2.24) is 15.5 Å². The number of thioether (sulfide) groups is 3. The summed E-state index contributed by atoms with van der Waals surface area (Å²) in [6, 6.07) is 21.9. The number of carbonyl (C=O) groups is 1. The van der Waals surface area contributed by atoms with Gasteiger partial charge in [0.2, 0.25) is 0 Å². The van der Waals surface area contributed by atoms with Crippen molar-refractivity contribution < 1.29 is 78.4 Å². The molecule has 6 heterocycles. The second kappa shape index (κ2) is 30.6. The summed E-state index contributed by atoms with van der Waals surface area (Å²) in [6.45, 7) is 16.7. The molecule has 0 saturated carbocycles. The Morgan fingerprint density at radius 3 is 1.35 bits per heavy atom. The van der Waals surface area contributed by atoms with Crippen LogP contribution in [0.5, 0.6) is 17.2 Å². The molecule has 3 aromatic rings. The van der Waals surface area contributed by atoms with Gasteiger partial charge in [-0.15, -0.1) is 6.58 Å². The van der Waals surface area contributed by atoms with Gasteiger partial charge in [0.05, 0.1) is 69.0 Å². The number of ether oxygens (including phenoxy) is 8. The fourth-order valence-electron chi connectivity index (χ4n) is 11.3. The lowest BCUT2D eigenvalue weighted by atomic mass is 9.79. The van der Waals surface area contributed by atoms with Crippen LogP contribution in [0.1, 0.15) is 84.4 Å². The van der Waals surface area contributed by atoms with E-state index in [2.05, 4.69) is 27.2 Å². The van der Waals surface area contributed by atoms with E-state index in [4.69, 9.17) is 42.9 Å². The molecule has 0 spiro atoms. The minimum atomic E-state index is -1.29. The Kier molecular flexibility index (Phi) is 24.6. The quantitative estimate of drug-likeness (QED) is 0.0692. The van der Waals surface area contributed by atoms with Crippen LogP contribution in [0.2, 0.25) is 0 Å². The smallest absolute Gasteiger partial charge is 0.416 e. The number of hydrogen-bond donors (Lipinski definition) is 9. The SMILES string of the molecule is C=CCO[C@H]1[C@H](C)[C@@H](C(C)(O)CCc2ccc(OC)cc2)O[C@@H]2SC(N(C)C(=O)OC(C)(C)C)=N[C@H]12.CN=C1N[C@@H]2[C@@H](O)[C@H](O)[C@@H]([C@@](C)(O)CCc3ccc(OC)cc3)O[C@@H]2S1.CN=C1N[C@@H]2[C@@H](O)[C@H](O)[C@@H]([C@](C)(O)CCc3ccc(OC)cc3)O[C@@H]2S1. The van der Waals surface area contributed by atoms with E-state index >= 15 is 0 Å². The van der Waals surface area contributed by atoms with E-state index in [1.165, 1.54) is 40.2 Å². The van der Waals surface area contributed by atoms with E-state index in [-0.39, 0.29) is 18.1 Å². The highest BCUT2D eigenvalue weighted by molar-refractivity contribution is 8.15. The molecule has 0 bridgehead atoms. The average molecular weight is 1290 g/mol. The van der Waals surface area contributed by atoms with Gasteiger partial charge in [-0.3, -0.25) is 19.9 Å². The molecule has 88 heavy (non-hydrogen) atoms. The number of nitrogens with zero attached hydrogens (tertiary/aromatic N) is 4. The zero-order valence-electron chi connectivity index (χ0n) is 52.6. The van der Waals surface area contributed by atoms with Gasteiger partial charge in [0.1, 0.15) is 81.8 Å². The van der Waals surface area contributed by atoms with Crippen LogP contribution in [0.25, 0.3) is 0 Å². The molecule has 22 nitrogen and oxygen atoms in total. The lowest BCUT2D eigenvalue weighted by Gasteiger charge is -2.47. The van der Waals surface area contributed by atoms with Gasteiger partial charge in [0, 0.05) is 27.1 Å². The second-order valence-corrected chi connectivity index (χ2v) is 27.7. The molecule has 488 valence electrons. The van der Waals surface area contributed by atoms with E-state index in [0.29, 0.717) is 60.6 Å². The normalized spacial score (nSPS) is 31.8. The molecule has 3 aromatic carbocycles. The summed E-state index contributed by atoms with van der Waals surface area (Å²) in [5.41, 5.74) is -2.30. The van der Waals surface area contributed by atoms with Crippen molar-refractivity contribution in [2.45, 2.75) is 193 Å². The maximum absolute atomic E-state index is 12.6. The van der Waals surface area contributed by atoms with Crippen LogP contribution in [0.15, 0.2) is 100 Å². The van der Waals surface area contributed by atoms with E-state index in [1.54, 1.807) is 62.4 Å². The van der Waals surface area contributed by atoms with Crippen LogP contribution in [-0.4, -0.2) is 217 Å². The maximum atomic E-state index is 12.6. The minimum absolute atomic E-state index is 0.146.